The van der Waals surface area contributed by atoms with Gasteiger partial charge in [-0.15, -0.1) is 0 Å². The number of anilines is 4. The zero-order valence-electron chi connectivity index (χ0n) is 15.1. The van der Waals surface area contributed by atoms with E-state index < -0.39 is 0 Å². The summed E-state index contributed by atoms with van der Waals surface area (Å²) in [5.74, 6) is 1.47. The highest BCUT2D eigenvalue weighted by atomic mass is 35.5. The highest BCUT2D eigenvalue weighted by molar-refractivity contribution is 6.36. The van der Waals surface area contributed by atoms with Crippen molar-refractivity contribution in [2.45, 2.75) is 0 Å². The topological polar surface area (TPSA) is 96.4 Å². The van der Waals surface area contributed by atoms with Crippen LogP contribution < -0.4 is 20.8 Å². The second-order valence-electron chi connectivity index (χ2n) is 5.43. The number of hydrazone groups is 1. The van der Waals surface area contributed by atoms with Crippen LogP contribution in [0.3, 0.4) is 0 Å². The molecule has 3 rings (SSSR count). The molecule has 0 aliphatic heterocycles. The Bertz CT molecular complexity index is 983. The first kappa shape index (κ1) is 19.7. The Morgan fingerprint density at radius 2 is 1.71 bits per heavy atom. The molecular formula is C18H17Cl2N7O. The number of nitrogens with one attached hydrogen (secondary N) is 3. The molecule has 2 aromatic carbocycles. The average Bonchev–Trinajstić information content (AvgIpc) is 2.68. The van der Waals surface area contributed by atoms with E-state index >= 15 is 0 Å². The molecule has 144 valence electrons. The second-order valence-corrected chi connectivity index (χ2v) is 6.27. The summed E-state index contributed by atoms with van der Waals surface area (Å²) in [6, 6.07) is 12.8. The van der Waals surface area contributed by atoms with Crippen LogP contribution >= 0.6 is 23.2 Å². The van der Waals surface area contributed by atoms with Gasteiger partial charge in [0.2, 0.25) is 17.8 Å². The number of benzene rings is 2. The smallest absolute Gasteiger partial charge is 0.250 e. The van der Waals surface area contributed by atoms with E-state index in [9.17, 15) is 0 Å². The summed E-state index contributed by atoms with van der Waals surface area (Å²) in [7, 11) is 3.24. The van der Waals surface area contributed by atoms with Crippen molar-refractivity contribution in [2.24, 2.45) is 5.10 Å². The summed E-state index contributed by atoms with van der Waals surface area (Å²) in [6.45, 7) is 0. The molecule has 0 fully saturated rings. The van der Waals surface area contributed by atoms with E-state index in [0.29, 0.717) is 33.3 Å². The minimum absolute atomic E-state index is 0.251. The number of methoxy groups -OCH3 is 1. The summed E-state index contributed by atoms with van der Waals surface area (Å²) in [6.07, 6.45) is 1.52. The molecule has 0 radical (unpaired) electrons. The quantitative estimate of drug-likeness (QED) is 0.386. The summed E-state index contributed by atoms with van der Waals surface area (Å²) in [5.41, 5.74) is 4.23. The van der Waals surface area contributed by atoms with E-state index in [-0.39, 0.29) is 5.95 Å². The zero-order valence-corrected chi connectivity index (χ0v) is 16.6. The molecule has 8 nitrogen and oxygen atoms in total. The van der Waals surface area contributed by atoms with Crippen LogP contribution in [-0.2, 0) is 0 Å². The van der Waals surface area contributed by atoms with Gasteiger partial charge in [-0.05, 0) is 24.3 Å². The summed E-state index contributed by atoms with van der Waals surface area (Å²) in [4.78, 5) is 12.8. The largest absolute Gasteiger partial charge is 0.495 e. The Balaban J connectivity index is 1.81. The van der Waals surface area contributed by atoms with Crippen molar-refractivity contribution < 1.29 is 4.74 Å². The molecule has 0 atom stereocenters. The molecule has 3 N–H and O–H groups in total. The lowest BCUT2D eigenvalue weighted by Crippen LogP contribution is -2.07. The van der Waals surface area contributed by atoms with Gasteiger partial charge < -0.3 is 15.4 Å². The van der Waals surface area contributed by atoms with Crippen LogP contribution in [-0.4, -0.2) is 35.3 Å². The van der Waals surface area contributed by atoms with E-state index in [0.717, 1.165) is 5.69 Å². The van der Waals surface area contributed by atoms with Crippen LogP contribution in [0, 0.1) is 0 Å². The number of halogens is 2. The van der Waals surface area contributed by atoms with Gasteiger partial charge in [-0.1, -0.05) is 41.4 Å². The van der Waals surface area contributed by atoms with Gasteiger partial charge in [-0.3, -0.25) is 0 Å². The van der Waals surface area contributed by atoms with Gasteiger partial charge in [0.1, 0.15) is 5.75 Å². The summed E-state index contributed by atoms with van der Waals surface area (Å²) < 4.78 is 5.29. The molecule has 10 heteroatoms. The normalized spacial score (nSPS) is 10.7. The monoisotopic (exact) mass is 417 g/mol. The van der Waals surface area contributed by atoms with E-state index in [2.05, 4.69) is 36.1 Å². The number of rotatable bonds is 7. The van der Waals surface area contributed by atoms with Gasteiger partial charge >= 0.3 is 0 Å². The van der Waals surface area contributed by atoms with E-state index in [1.807, 2.05) is 30.3 Å². The van der Waals surface area contributed by atoms with Crippen molar-refractivity contribution in [3.05, 3.63) is 58.1 Å². The van der Waals surface area contributed by atoms with Crippen molar-refractivity contribution in [1.82, 2.24) is 15.0 Å². The van der Waals surface area contributed by atoms with Crippen molar-refractivity contribution in [2.75, 3.05) is 30.2 Å². The van der Waals surface area contributed by atoms with E-state index in [4.69, 9.17) is 27.9 Å². The molecule has 0 aliphatic carbocycles. The maximum Gasteiger partial charge on any atom is 0.250 e. The third-order valence-corrected chi connectivity index (χ3v) is 4.00. The molecule has 0 aliphatic rings. The van der Waals surface area contributed by atoms with E-state index in [1.54, 1.807) is 19.2 Å². The molecule has 0 unspecified atom stereocenters. The summed E-state index contributed by atoms with van der Waals surface area (Å²) in [5, 5.41) is 11.0. The Morgan fingerprint density at radius 1 is 1.00 bits per heavy atom. The molecule has 3 aromatic rings. The van der Waals surface area contributed by atoms with Gasteiger partial charge in [0, 0.05) is 23.3 Å². The predicted octanol–water partition coefficient (Wildman–Crippen LogP) is 4.42. The van der Waals surface area contributed by atoms with Crippen LogP contribution in [0.1, 0.15) is 5.56 Å². The van der Waals surface area contributed by atoms with Crippen LogP contribution in [0.15, 0.2) is 47.6 Å². The standard InChI is InChI=1S/C18H17Cl2N7O/c1-21-16-24-17(23-13-6-4-3-5-7-13)26-18(25-16)27-22-10-11-8-12(19)9-14(20)15(11)28-2/h3-10H,1-2H3,(H3,21,23,24,25,26,27)/b22-10-. The molecule has 1 heterocycles. The van der Waals surface area contributed by atoms with Gasteiger partial charge in [0.25, 0.3) is 0 Å². The minimum atomic E-state index is 0.251. The van der Waals surface area contributed by atoms with Gasteiger partial charge in [-0.2, -0.15) is 20.1 Å². The molecule has 28 heavy (non-hydrogen) atoms. The van der Waals surface area contributed by atoms with E-state index in [1.165, 1.54) is 13.3 Å². The fourth-order valence-corrected chi connectivity index (χ4v) is 2.88. The van der Waals surface area contributed by atoms with Crippen LogP contribution in [0.5, 0.6) is 5.75 Å². The van der Waals surface area contributed by atoms with Gasteiger partial charge in [0.15, 0.2) is 0 Å². The van der Waals surface area contributed by atoms with Crippen LogP contribution in [0.2, 0.25) is 10.0 Å². The number of hydrogen-bond donors (Lipinski definition) is 3. The maximum absolute atomic E-state index is 6.13. The molecule has 0 saturated carbocycles. The Morgan fingerprint density at radius 3 is 2.43 bits per heavy atom. The summed E-state index contributed by atoms with van der Waals surface area (Å²) >= 11 is 12.2. The van der Waals surface area contributed by atoms with Crippen molar-refractivity contribution in [1.29, 1.82) is 0 Å². The highest BCUT2D eigenvalue weighted by Gasteiger charge is 2.09. The Hall–Kier alpha value is -3.10. The first-order chi connectivity index (χ1) is 13.6. The van der Waals surface area contributed by atoms with Crippen LogP contribution in [0.4, 0.5) is 23.5 Å². The Kier molecular flexibility index (Phi) is 6.46. The molecule has 0 spiro atoms. The SMILES string of the molecule is CNc1nc(N/N=C\c2cc(Cl)cc(Cl)c2OC)nc(Nc2ccccc2)n1. The molecule has 1 aromatic heterocycles. The first-order valence-corrected chi connectivity index (χ1v) is 8.92. The fraction of sp³-hybridized carbons (Fsp3) is 0.111. The molecule has 0 amide bonds. The Labute approximate surface area is 172 Å². The van der Waals surface area contributed by atoms with Crippen molar-refractivity contribution in [3.8, 4) is 5.75 Å². The highest BCUT2D eigenvalue weighted by Crippen LogP contribution is 2.31. The number of ether oxygens (including phenoxy) is 1. The number of para-hydroxylation sites is 1. The first-order valence-electron chi connectivity index (χ1n) is 8.17. The average molecular weight is 418 g/mol. The van der Waals surface area contributed by atoms with Gasteiger partial charge in [0.05, 0.1) is 18.3 Å². The second kappa shape index (κ2) is 9.20. The third kappa shape index (κ3) is 4.99. The lowest BCUT2D eigenvalue weighted by Gasteiger charge is -2.09. The van der Waals surface area contributed by atoms with Gasteiger partial charge in [-0.25, -0.2) is 5.43 Å². The number of hydrogen-bond acceptors (Lipinski definition) is 8. The minimum Gasteiger partial charge on any atom is -0.495 e. The maximum atomic E-state index is 6.13. The number of aromatic nitrogens is 3. The lowest BCUT2D eigenvalue weighted by molar-refractivity contribution is 0.414. The fourth-order valence-electron chi connectivity index (χ4n) is 2.30. The zero-order chi connectivity index (χ0) is 19.9. The molecule has 0 saturated heterocycles. The van der Waals surface area contributed by atoms with Crippen molar-refractivity contribution in [3.63, 3.8) is 0 Å². The third-order valence-electron chi connectivity index (χ3n) is 3.50. The lowest BCUT2D eigenvalue weighted by atomic mass is 10.2. The molecule has 0 bridgehead atoms. The van der Waals surface area contributed by atoms with Crippen molar-refractivity contribution >= 4 is 52.9 Å². The predicted molar refractivity (Wildman–Crippen MR) is 113 cm³/mol. The molecular weight excluding hydrogens is 401 g/mol. The van der Waals surface area contributed by atoms with Crippen LogP contribution in [0.25, 0.3) is 0 Å². The number of nitrogens with zero attached hydrogens (tertiary/aromatic N) is 4.